The number of sulfonamides is 1. The van der Waals surface area contributed by atoms with Gasteiger partial charge in [0.25, 0.3) is 0 Å². The zero-order valence-electron chi connectivity index (χ0n) is 10.5. The predicted molar refractivity (Wildman–Crippen MR) is 71.4 cm³/mol. The first-order valence-corrected chi connectivity index (χ1v) is 7.63. The second-order valence-corrected chi connectivity index (χ2v) is 6.61. The third kappa shape index (κ3) is 2.31. The smallest absolute Gasteiger partial charge is 0.244 e. The van der Waals surface area contributed by atoms with Crippen molar-refractivity contribution in [3.05, 3.63) is 18.2 Å². The molecular weight excluding hydrogens is 266 g/mol. The third-order valence-corrected chi connectivity index (χ3v) is 4.72. The van der Waals surface area contributed by atoms with Crippen LogP contribution in [0.15, 0.2) is 23.1 Å². The second-order valence-electron chi connectivity index (χ2n) is 4.87. The molecule has 1 fully saturated rings. The highest BCUT2D eigenvalue weighted by atomic mass is 32.2. The molecule has 0 radical (unpaired) electrons. The largest absolute Gasteiger partial charge is 0.354 e. The number of fused-ring (bicyclic) bond motifs is 1. The summed E-state index contributed by atoms with van der Waals surface area (Å²) in [5.41, 5.74) is 1.29. The van der Waals surface area contributed by atoms with Gasteiger partial charge >= 0.3 is 0 Å². The van der Waals surface area contributed by atoms with Crippen molar-refractivity contribution in [3.8, 4) is 0 Å². The maximum absolute atomic E-state index is 12.0. The van der Waals surface area contributed by atoms with Gasteiger partial charge in [-0.1, -0.05) is 0 Å². The molecule has 1 saturated carbocycles. The van der Waals surface area contributed by atoms with Crippen molar-refractivity contribution in [3.63, 3.8) is 0 Å². The molecule has 7 heteroatoms. The van der Waals surface area contributed by atoms with E-state index in [-0.39, 0.29) is 10.8 Å². The summed E-state index contributed by atoms with van der Waals surface area (Å²) in [5.74, 6) is -0.172. The topological polar surface area (TPSA) is 78.5 Å². The Morgan fingerprint density at radius 3 is 2.79 bits per heavy atom. The van der Waals surface area contributed by atoms with Crippen LogP contribution in [0.1, 0.15) is 19.8 Å². The maximum Gasteiger partial charge on any atom is 0.244 e. The van der Waals surface area contributed by atoms with E-state index in [1.54, 1.807) is 12.1 Å². The van der Waals surface area contributed by atoms with Gasteiger partial charge in [0, 0.05) is 18.7 Å². The molecule has 1 heterocycles. The highest BCUT2D eigenvalue weighted by Crippen LogP contribution is 2.38. The van der Waals surface area contributed by atoms with E-state index in [0.717, 1.165) is 12.8 Å². The molecule has 0 bridgehead atoms. The lowest BCUT2D eigenvalue weighted by Gasteiger charge is -2.31. The molecule has 102 valence electrons. The van der Waals surface area contributed by atoms with E-state index in [2.05, 4.69) is 10.0 Å². The lowest BCUT2D eigenvalue weighted by Crippen LogP contribution is -2.44. The van der Waals surface area contributed by atoms with Crippen LogP contribution in [0.2, 0.25) is 0 Å². The fourth-order valence-corrected chi connectivity index (χ4v) is 3.44. The molecule has 1 amide bonds. The molecule has 0 unspecified atom stereocenters. The first kappa shape index (κ1) is 12.4. The molecule has 0 atom stereocenters. The Bertz CT molecular complexity index is 638. The van der Waals surface area contributed by atoms with E-state index in [1.807, 2.05) is 4.90 Å². The quantitative estimate of drug-likeness (QED) is 0.843. The molecule has 3 rings (SSSR count). The van der Waals surface area contributed by atoms with E-state index in [9.17, 15) is 13.2 Å². The Morgan fingerprint density at radius 2 is 2.16 bits per heavy atom. The van der Waals surface area contributed by atoms with Crippen LogP contribution < -0.4 is 14.9 Å². The van der Waals surface area contributed by atoms with Crippen molar-refractivity contribution < 1.29 is 13.2 Å². The molecule has 0 saturated heterocycles. The first-order chi connectivity index (χ1) is 8.97. The van der Waals surface area contributed by atoms with Crippen molar-refractivity contribution in [1.82, 2.24) is 4.72 Å². The summed E-state index contributed by atoms with van der Waals surface area (Å²) in [4.78, 5) is 13.4. The number of benzene rings is 1. The number of carbonyl (C=O) groups excluding carboxylic acids is 1. The molecule has 1 aliphatic carbocycles. The van der Waals surface area contributed by atoms with Crippen LogP contribution in [0.3, 0.4) is 0 Å². The number of hydrogen-bond donors (Lipinski definition) is 2. The summed E-state index contributed by atoms with van der Waals surface area (Å²) in [7, 11) is -3.43. The van der Waals surface area contributed by atoms with Gasteiger partial charge < -0.3 is 10.2 Å². The van der Waals surface area contributed by atoms with E-state index < -0.39 is 10.0 Å². The van der Waals surface area contributed by atoms with Gasteiger partial charge in [0.1, 0.15) is 4.90 Å². The highest BCUT2D eigenvalue weighted by molar-refractivity contribution is 7.89. The van der Waals surface area contributed by atoms with Gasteiger partial charge in [-0.05, 0) is 31.0 Å². The number of amides is 1. The van der Waals surface area contributed by atoms with Gasteiger partial charge in [-0.25, -0.2) is 8.42 Å². The number of hydrogen-bond acceptors (Lipinski definition) is 4. The van der Waals surface area contributed by atoms with Crippen molar-refractivity contribution in [2.45, 2.75) is 30.7 Å². The fourth-order valence-electron chi connectivity index (χ4n) is 2.28. The molecule has 2 N–H and O–H groups in total. The second kappa shape index (κ2) is 4.21. The van der Waals surface area contributed by atoms with Crippen LogP contribution in [0.5, 0.6) is 0 Å². The summed E-state index contributed by atoms with van der Waals surface area (Å²) in [6, 6.07) is 5.27. The third-order valence-electron chi connectivity index (χ3n) is 3.29. The average Bonchev–Trinajstić information content (AvgIpc) is 3.12. The summed E-state index contributed by atoms with van der Waals surface area (Å²) in [6.07, 6.45) is 2.15. The highest BCUT2D eigenvalue weighted by Gasteiger charge is 2.36. The summed E-state index contributed by atoms with van der Waals surface area (Å²) >= 11 is 0. The van der Waals surface area contributed by atoms with Gasteiger partial charge in [-0.3, -0.25) is 4.79 Å². The summed E-state index contributed by atoms with van der Waals surface area (Å²) in [5, 5.41) is 2.68. The molecule has 0 spiro atoms. The van der Waals surface area contributed by atoms with E-state index in [1.165, 1.54) is 13.0 Å². The van der Waals surface area contributed by atoms with Gasteiger partial charge in [0.2, 0.25) is 15.9 Å². The van der Waals surface area contributed by atoms with Crippen molar-refractivity contribution >= 4 is 27.3 Å². The van der Waals surface area contributed by atoms with Crippen LogP contribution >= 0.6 is 0 Å². The maximum atomic E-state index is 12.0. The molecular formula is C12H15N3O3S. The van der Waals surface area contributed by atoms with Gasteiger partial charge in [0.15, 0.2) is 0 Å². The zero-order chi connectivity index (χ0) is 13.6. The van der Waals surface area contributed by atoms with Gasteiger partial charge in [0.05, 0.1) is 12.4 Å². The predicted octanol–water partition coefficient (Wildman–Crippen LogP) is 0.863. The minimum absolute atomic E-state index is 0.172. The summed E-state index contributed by atoms with van der Waals surface area (Å²) in [6.45, 7) is 1.72. The average molecular weight is 281 g/mol. The lowest BCUT2D eigenvalue weighted by molar-refractivity contribution is -0.114. The molecule has 2 aliphatic rings. The fraction of sp³-hybridized carbons (Fsp3) is 0.417. The minimum atomic E-state index is -3.43. The molecule has 1 aromatic rings. The number of anilines is 2. The number of nitrogens with one attached hydrogen (secondary N) is 2. The molecule has 1 aliphatic heterocycles. The normalized spacial score (nSPS) is 20.8. The standard InChI is InChI=1S/C12H15N3O3S/c1-8(16)14-9-2-5-12-11(6-9)15(10-3-4-10)7-13-19(12,17)18/h2,5-6,10,13H,3-4,7H2,1H3,(H,14,16). The Labute approximate surface area is 111 Å². The minimum Gasteiger partial charge on any atom is -0.354 e. The van der Waals surface area contributed by atoms with Crippen LogP contribution in [-0.4, -0.2) is 27.0 Å². The lowest BCUT2D eigenvalue weighted by atomic mass is 10.2. The van der Waals surface area contributed by atoms with Gasteiger partial charge in [-0.15, -0.1) is 0 Å². The van der Waals surface area contributed by atoms with Crippen LogP contribution in [-0.2, 0) is 14.8 Å². The SMILES string of the molecule is CC(=O)Nc1ccc2c(c1)N(C1CC1)CNS2(=O)=O. The van der Waals surface area contributed by atoms with Crippen molar-refractivity contribution in [2.24, 2.45) is 0 Å². The number of nitrogens with zero attached hydrogens (tertiary/aromatic N) is 1. The van der Waals surface area contributed by atoms with Crippen LogP contribution in [0.4, 0.5) is 11.4 Å². The Hall–Kier alpha value is -1.60. The Balaban J connectivity index is 2.06. The van der Waals surface area contributed by atoms with E-state index in [4.69, 9.17) is 0 Å². The monoisotopic (exact) mass is 281 g/mol. The van der Waals surface area contributed by atoms with Gasteiger partial charge in [-0.2, -0.15) is 4.72 Å². The Morgan fingerprint density at radius 1 is 1.42 bits per heavy atom. The van der Waals surface area contributed by atoms with Crippen molar-refractivity contribution in [2.75, 3.05) is 16.9 Å². The molecule has 19 heavy (non-hydrogen) atoms. The van der Waals surface area contributed by atoms with Crippen LogP contribution in [0.25, 0.3) is 0 Å². The van der Waals surface area contributed by atoms with E-state index >= 15 is 0 Å². The first-order valence-electron chi connectivity index (χ1n) is 6.15. The summed E-state index contributed by atoms with van der Waals surface area (Å²) < 4.78 is 26.5. The molecule has 6 nitrogen and oxygen atoms in total. The molecule has 0 aromatic heterocycles. The number of rotatable bonds is 2. The zero-order valence-corrected chi connectivity index (χ0v) is 11.3. The van der Waals surface area contributed by atoms with Crippen molar-refractivity contribution in [1.29, 1.82) is 0 Å². The van der Waals surface area contributed by atoms with E-state index in [0.29, 0.717) is 24.1 Å². The number of carbonyl (C=O) groups is 1. The molecule has 1 aromatic carbocycles. The Kier molecular flexibility index (Phi) is 2.75. The van der Waals surface area contributed by atoms with Crippen LogP contribution in [0, 0.1) is 0 Å².